The van der Waals surface area contributed by atoms with Crippen LogP contribution in [-0.2, 0) is 11.8 Å². The van der Waals surface area contributed by atoms with E-state index in [1.165, 1.54) is 0 Å². The molecule has 0 spiro atoms. The lowest BCUT2D eigenvalue weighted by Crippen LogP contribution is -2.40. The molecule has 1 rings (SSSR count). The number of carbonyl (C=O) groups is 1. The first-order valence-electron chi connectivity index (χ1n) is 6.78. The van der Waals surface area contributed by atoms with E-state index in [-0.39, 0.29) is 36.8 Å². The van der Waals surface area contributed by atoms with Gasteiger partial charge in [0.15, 0.2) is 0 Å². The van der Waals surface area contributed by atoms with E-state index in [0.29, 0.717) is 6.54 Å². The van der Waals surface area contributed by atoms with Crippen LogP contribution >= 0.6 is 24.8 Å². The fourth-order valence-corrected chi connectivity index (χ4v) is 2.02. The highest BCUT2D eigenvalue weighted by molar-refractivity contribution is 5.85. The highest BCUT2D eigenvalue weighted by Crippen LogP contribution is 2.10. The van der Waals surface area contributed by atoms with E-state index in [9.17, 15) is 4.79 Å². The minimum absolute atomic E-state index is 0. The summed E-state index contributed by atoms with van der Waals surface area (Å²) in [6.07, 6.45) is 3.57. The lowest BCUT2D eigenvalue weighted by molar-refractivity contribution is -0.123. The topological polar surface area (TPSA) is 62.2 Å². The van der Waals surface area contributed by atoms with Crippen molar-refractivity contribution in [1.82, 2.24) is 25.3 Å². The molecular formula is C13H27Cl2N5O. The van der Waals surface area contributed by atoms with E-state index >= 15 is 0 Å². The average Bonchev–Trinajstić information content (AvgIpc) is 2.82. The second-order valence-electron chi connectivity index (χ2n) is 4.49. The standard InChI is InChI=1S/C13H25N5O.2ClH/c1-5-18(6-2)8-7-15-13(19)12(14-3)11-9-16-17(4)10-11;;/h9-10,12,14H,5-8H2,1-4H3,(H,15,19);2*1H. The van der Waals surface area contributed by atoms with E-state index < -0.39 is 0 Å². The highest BCUT2D eigenvalue weighted by atomic mass is 35.5. The van der Waals surface area contributed by atoms with Crippen LogP contribution in [0.15, 0.2) is 12.4 Å². The maximum atomic E-state index is 12.1. The third-order valence-corrected chi connectivity index (χ3v) is 3.23. The van der Waals surface area contributed by atoms with Gasteiger partial charge in [-0.3, -0.25) is 9.48 Å². The summed E-state index contributed by atoms with van der Waals surface area (Å²) < 4.78 is 1.70. The first-order valence-corrected chi connectivity index (χ1v) is 6.78. The molecular weight excluding hydrogens is 313 g/mol. The summed E-state index contributed by atoms with van der Waals surface area (Å²) in [6, 6.07) is -0.342. The smallest absolute Gasteiger partial charge is 0.241 e. The number of hydrogen-bond acceptors (Lipinski definition) is 4. The Morgan fingerprint density at radius 1 is 1.38 bits per heavy atom. The van der Waals surface area contributed by atoms with E-state index in [1.807, 2.05) is 13.2 Å². The SMILES string of the molecule is CCN(CC)CCNC(=O)C(NC)c1cnn(C)c1.Cl.Cl. The molecule has 2 N–H and O–H groups in total. The number of rotatable bonds is 8. The molecule has 1 heterocycles. The first kappa shape index (κ1) is 22.5. The maximum Gasteiger partial charge on any atom is 0.241 e. The van der Waals surface area contributed by atoms with Crippen LogP contribution < -0.4 is 10.6 Å². The summed E-state index contributed by atoms with van der Waals surface area (Å²) in [7, 11) is 3.62. The van der Waals surface area contributed by atoms with Gasteiger partial charge >= 0.3 is 0 Å². The molecule has 0 saturated carbocycles. The number of nitrogens with zero attached hydrogens (tertiary/aromatic N) is 3. The predicted molar refractivity (Wildman–Crippen MR) is 90.3 cm³/mol. The van der Waals surface area contributed by atoms with Crippen LogP contribution in [0.5, 0.6) is 0 Å². The van der Waals surface area contributed by atoms with Crippen molar-refractivity contribution >= 4 is 30.7 Å². The van der Waals surface area contributed by atoms with Crippen LogP contribution in [0.25, 0.3) is 0 Å². The van der Waals surface area contributed by atoms with Crippen LogP contribution in [0.4, 0.5) is 0 Å². The molecule has 0 bridgehead atoms. The van der Waals surface area contributed by atoms with E-state index in [1.54, 1.807) is 17.9 Å². The average molecular weight is 340 g/mol. The largest absolute Gasteiger partial charge is 0.353 e. The molecule has 0 aliphatic heterocycles. The second kappa shape index (κ2) is 11.8. The van der Waals surface area contributed by atoms with Gasteiger partial charge in [-0.25, -0.2) is 0 Å². The molecule has 1 unspecified atom stereocenters. The number of aromatic nitrogens is 2. The molecule has 21 heavy (non-hydrogen) atoms. The Morgan fingerprint density at radius 2 is 2.00 bits per heavy atom. The van der Waals surface area contributed by atoms with E-state index in [2.05, 4.69) is 34.5 Å². The predicted octanol–water partition coefficient (Wildman–Crippen LogP) is 0.982. The molecule has 0 saturated heterocycles. The molecule has 1 aromatic rings. The Labute approximate surface area is 139 Å². The summed E-state index contributed by atoms with van der Waals surface area (Å²) in [6.45, 7) is 7.80. The highest BCUT2D eigenvalue weighted by Gasteiger charge is 2.19. The molecule has 0 radical (unpaired) electrons. The van der Waals surface area contributed by atoms with E-state index in [4.69, 9.17) is 0 Å². The van der Waals surface area contributed by atoms with Gasteiger partial charge in [0.1, 0.15) is 6.04 Å². The third-order valence-electron chi connectivity index (χ3n) is 3.23. The van der Waals surface area contributed by atoms with E-state index in [0.717, 1.165) is 25.2 Å². The van der Waals surface area contributed by atoms with Gasteiger partial charge in [-0.2, -0.15) is 5.10 Å². The Morgan fingerprint density at radius 3 is 2.43 bits per heavy atom. The summed E-state index contributed by atoms with van der Waals surface area (Å²) in [5.41, 5.74) is 0.880. The third kappa shape index (κ3) is 7.13. The Hall–Kier alpha value is -0.820. The molecule has 1 aromatic heterocycles. The Kier molecular flexibility index (Phi) is 12.6. The fraction of sp³-hybridized carbons (Fsp3) is 0.692. The van der Waals surface area contributed by atoms with Gasteiger partial charge < -0.3 is 15.5 Å². The number of likely N-dealkylation sites (N-methyl/N-ethyl adjacent to an activating group) is 2. The lowest BCUT2D eigenvalue weighted by Gasteiger charge is -2.19. The molecule has 0 aromatic carbocycles. The summed E-state index contributed by atoms with van der Waals surface area (Å²) in [5.74, 6) is -0.0114. The van der Waals surface area contributed by atoms with Crippen molar-refractivity contribution in [1.29, 1.82) is 0 Å². The van der Waals surface area contributed by atoms with Crippen molar-refractivity contribution in [2.45, 2.75) is 19.9 Å². The number of carbonyl (C=O) groups excluding carboxylic acids is 1. The number of aryl methyl sites for hydroxylation is 1. The molecule has 124 valence electrons. The summed E-state index contributed by atoms with van der Waals surface area (Å²) in [4.78, 5) is 14.4. The van der Waals surface area contributed by atoms with Crippen LogP contribution in [0.1, 0.15) is 25.5 Å². The Balaban J connectivity index is 0. The number of halogens is 2. The first-order chi connectivity index (χ1) is 9.12. The zero-order valence-corrected chi connectivity index (χ0v) is 14.8. The van der Waals surface area contributed by atoms with Crippen molar-refractivity contribution in [2.75, 3.05) is 33.2 Å². The monoisotopic (exact) mass is 339 g/mol. The number of hydrogen-bond donors (Lipinski definition) is 2. The summed E-state index contributed by atoms with van der Waals surface area (Å²) >= 11 is 0. The molecule has 6 nitrogen and oxygen atoms in total. The van der Waals surface area contributed by atoms with Crippen LogP contribution in [-0.4, -0.2) is 53.8 Å². The number of nitrogens with one attached hydrogen (secondary N) is 2. The van der Waals surface area contributed by atoms with Crippen molar-refractivity contribution in [2.24, 2.45) is 7.05 Å². The van der Waals surface area contributed by atoms with Crippen LogP contribution in [0.3, 0.4) is 0 Å². The molecule has 8 heteroatoms. The minimum atomic E-state index is -0.342. The Bertz CT molecular complexity index is 396. The van der Waals surface area contributed by atoms with Gasteiger partial charge in [0.25, 0.3) is 0 Å². The van der Waals surface area contributed by atoms with Crippen molar-refractivity contribution in [3.05, 3.63) is 18.0 Å². The fourth-order valence-electron chi connectivity index (χ4n) is 2.02. The molecule has 0 aliphatic rings. The molecule has 0 aliphatic carbocycles. The van der Waals surface area contributed by atoms with Gasteiger partial charge in [0.2, 0.25) is 5.91 Å². The van der Waals surface area contributed by atoms with Crippen molar-refractivity contribution < 1.29 is 4.79 Å². The second-order valence-corrected chi connectivity index (χ2v) is 4.49. The van der Waals surface area contributed by atoms with Crippen molar-refractivity contribution in [3.63, 3.8) is 0 Å². The normalized spacial score (nSPS) is 11.5. The quantitative estimate of drug-likeness (QED) is 0.741. The minimum Gasteiger partial charge on any atom is -0.353 e. The van der Waals surface area contributed by atoms with Crippen molar-refractivity contribution in [3.8, 4) is 0 Å². The number of amides is 1. The van der Waals surface area contributed by atoms with Gasteiger partial charge in [0, 0.05) is 31.9 Å². The zero-order chi connectivity index (χ0) is 14.3. The zero-order valence-electron chi connectivity index (χ0n) is 13.1. The lowest BCUT2D eigenvalue weighted by atomic mass is 10.1. The van der Waals surface area contributed by atoms with Gasteiger partial charge in [-0.05, 0) is 20.1 Å². The maximum absolute atomic E-state index is 12.1. The van der Waals surface area contributed by atoms with Crippen LogP contribution in [0, 0.1) is 0 Å². The van der Waals surface area contributed by atoms with Crippen LogP contribution in [0.2, 0.25) is 0 Å². The molecule has 0 fully saturated rings. The van der Waals surface area contributed by atoms with Gasteiger partial charge in [-0.15, -0.1) is 24.8 Å². The molecule has 1 atom stereocenters. The van der Waals surface area contributed by atoms with Gasteiger partial charge in [-0.1, -0.05) is 13.8 Å². The molecule has 1 amide bonds. The summed E-state index contributed by atoms with van der Waals surface area (Å²) in [5, 5.41) is 10.1. The van der Waals surface area contributed by atoms with Gasteiger partial charge in [0.05, 0.1) is 6.20 Å².